The van der Waals surface area contributed by atoms with Crippen LogP contribution >= 0.6 is 0 Å². The van der Waals surface area contributed by atoms with E-state index in [0.717, 1.165) is 30.4 Å². The number of carbonyl (C=O) groups excluding carboxylic acids is 1. The van der Waals surface area contributed by atoms with Gasteiger partial charge in [-0.1, -0.05) is 36.2 Å². The number of hydrogen-bond acceptors (Lipinski definition) is 4. The van der Waals surface area contributed by atoms with E-state index >= 15 is 0 Å². The molecule has 1 saturated heterocycles. The average Bonchev–Trinajstić information content (AvgIpc) is 2.79. The lowest BCUT2D eigenvalue weighted by Crippen LogP contribution is -2.35. The van der Waals surface area contributed by atoms with Crippen molar-refractivity contribution >= 4 is 15.9 Å². The lowest BCUT2D eigenvalue weighted by molar-refractivity contribution is -0.130. The third-order valence-corrected chi connectivity index (χ3v) is 7.67. The van der Waals surface area contributed by atoms with Gasteiger partial charge in [0.2, 0.25) is 15.9 Å². The first-order valence-electron chi connectivity index (χ1n) is 10.8. The highest BCUT2D eigenvalue weighted by molar-refractivity contribution is 7.89. The molecular formula is C24H32N2O4S. The number of aryl methyl sites for hydroxylation is 2. The van der Waals surface area contributed by atoms with Crippen molar-refractivity contribution in [2.24, 2.45) is 0 Å². The number of methoxy groups -OCH3 is 1. The summed E-state index contributed by atoms with van der Waals surface area (Å²) in [6.07, 6.45) is 3.56. The van der Waals surface area contributed by atoms with Crippen LogP contribution < -0.4 is 4.74 Å². The van der Waals surface area contributed by atoms with Crippen molar-refractivity contribution < 1.29 is 17.9 Å². The van der Waals surface area contributed by atoms with Gasteiger partial charge in [-0.25, -0.2) is 8.42 Å². The molecule has 0 atom stereocenters. The molecule has 1 aliphatic rings. The molecule has 1 aliphatic heterocycles. The Labute approximate surface area is 185 Å². The highest BCUT2D eigenvalue weighted by atomic mass is 32.2. The monoisotopic (exact) mass is 444 g/mol. The fourth-order valence-electron chi connectivity index (χ4n) is 3.85. The zero-order valence-corrected chi connectivity index (χ0v) is 19.5. The van der Waals surface area contributed by atoms with E-state index in [9.17, 15) is 13.2 Å². The highest BCUT2D eigenvalue weighted by Crippen LogP contribution is 2.27. The minimum absolute atomic E-state index is 0.00641. The van der Waals surface area contributed by atoms with Crippen molar-refractivity contribution in [2.75, 3.05) is 27.2 Å². The Balaban J connectivity index is 1.69. The second-order valence-electron chi connectivity index (χ2n) is 8.17. The van der Waals surface area contributed by atoms with Gasteiger partial charge in [0, 0.05) is 33.1 Å². The quantitative estimate of drug-likeness (QED) is 0.622. The van der Waals surface area contributed by atoms with E-state index in [1.807, 2.05) is 31.2 Å². The number of piperidine rings is 1. The summed E-state index contributed by atoms with van der Waals surface area (Å²) in [6.45, 7) is 3.70. The Morgan fingerprint density at radius 2 is 1.74 bits per heavy atom. The largest absolute Gasteiger partial charge is 0.496 e. The van der Waals surface area contributed by atoms with Crippen LogP contribution in [-0.4, -0.2) is 50.8 Å². The molecule has 0 spiro atoms. The maximum Gasteiger partial charge on any atom is 0.243 e. The summed E-state index contributed by atoms with van der Waals surface area (Å²) >= 11 is 0. The molecule has 1 heterocycles. The summed E-state index contributed by atoms with van der Waals surface area (Å²) in [7, 11) is -0.179. The number of hydrogen-bond donors (Lipinski definition) is 0. The zero-order chi connectivity index (χ0) is 22.4. The third-order valence-electron chi connectivity index (χ3n) is 5.78. The normalized spacial score (nSPS) is 14.9. The van der Waals surface area contributed by atoms with Gasteiger partial charge in [-0.2, -0.15) is 4.31 Å². The van der Waals surface area contributed by atoms with E-state index in [0.29, 0.717) is 31.8 Å². The molecular weight excluding hydrogens is 412 g/mol. The Morgan fingerprint density at radius 3 is 2.39 bits per heavy atom. The summed E-state index contributed by atoms with van der Waals surface area (Å²) in [5, 5.41) is 0. The summed E-state index contributed by atoms with van der Waals surface area (Å²) in [5.41, 5.74) is 3.00. The van der Waals surface area contributed by atoms with E-state index in [1.165, 1.54) is 5.56 Å². The lowest BCUT2D eigenvalue weighted by atomic mass is 10.1. The van der Waals surface area contributed by atoms with Crippen LogP contribution in [0.3, 0.4) is 0 Å². The van der Waals surface area contributed by atoms with Crippen LogP contribution in [0.1, 0.15) is 42.4 Å². The Kier molecular flexibility index (Phi) is 7.73. The summed E-state index contributed by atoms with van der Waals surface area (Å²) in [5.74, 6) is 0.610. The van der Waals surface area contributed by atoms with E-state index in [1.54, 1.807) is 41.6 Å². The molecule has 1 fully saturated rings. The Hall–Kier alpha value is -2.38. The van der Waals surface area contributed by atoms with Gasteiger partial charge < -0.3 is 9.64 Å². The number of nitrogens with zero attached hydrogens (tertiary/aromatic N) is 2. The van der Waals surface area contributed by atoms with Crippen molar-refractivity contribution in [2.45, 2.75) is 50.5 Å². The van der Waals surface area contributed by atoms with Crippen LogP contribution in [0.4, 0.5) is 0 Å². The van der Waals surface area contributed by atoms with Gasteiger partial charge in [-0.3, -0.25) is 4.79 Å². The average molecular weight is 445 g/mol. The summed E-state index contributed by atoms with van der Waals surface area (Å²) < 4.78 is 33.0. The van der Waals surface area contributed by atoms with Crippen LogP contribution in [0.15, 0.2) is 47.4 Å². The minimum Gasteiger partial charge on any atom is -0.496 e. The number of benzene rings is 2. The van der Waals surface area contributed by atoms with Crippen LogP contribution in [0.2, 0.25) is 0 Å². The molecule has 2 aromatic rings. The molecule has 2 aromatic carbocycles. The van der Waals surface area contributed by atoms with Gasteiger partial charge in [0.05, 0.1) is 12.0 Å². The lowest BCUT2D eigenvalue weighted by Gasteiger charge is -2.26. The van der Waals surface area contributed by atoms with Gasteiger partial charge in [0.15, 0.2) is 0 Å². The minimum atomic E-state index is -3.53. The maximum absolute atomic E-state index is 13.0. The number of rotatable bonds is 8. The van der Waals surface area contributed by atoms with Crippen molar-refractivity contribution in [3.8, 4) is 5.75 Å². The van der Waals surface area contributed by atoms with Crippen molar-refractivity contribution in [3.05, 3.63) is 59.2 Å². The zero-order valence-electron chi connectivity index (χ0n) is 18.6. The molecule has 3 rings (SSSR count). The number of carbonyl (C=O) groups is 1. The van der Waals surface area contributed by atoms with Crippen LogP contribution in [-0.2, 0) is 27.8 Å². The SMILES string of the molecule is COc1ccc(S(=O)(=O)N2CCCCC2)cc1CCC(=O)N(C)Cc1ccc(C)cc1. The summed E-state index contributed by atoms with van der Waals surface area (Å²) in [4.78, 5) is 14.6. The molecule has 0 aromatic heterocycles. The molecule has 6 nitrogen and oxygen atoms in total. The molecule has 0 radical (unpaired) electrons. The fourth-order valence-corrected chi connectivity index (χ4v) is 5.42. The number of ether oxygens (including phenoxy) is 1. The van der Waals surface area contributed by atoms with Gasteiger partial charge in [0.1, 0.15) is 5.75 Å². The van der Waals surface area contributed by atoms with Gasteiger partial charge in [0.25, 0.3) is 0 Å². The first kappa shape index (κ1) is 23.3. The summed E-state index contributed by atoms with van der Waals surface area (Å²) in [6, 6.07) is 13.1. The predicted molar refractivity (Wildman–Crippen MR) is 122 cm³/mol. The van der Waals surface area contributed by atoms with E-state index in [-0.39, 0.29) is 17.2 Å². The highest BCUT2D eigenvalue weighted by Gasteiger charge is 2.26. The van der Waals surface area contributed by atoms with E-state index in [4.69, 9.17) is 4.74 Å². The van der Waals surface area contributed by atoms with E-state index in [2.05, 4.69) is 0 Å². The number of amides is 1. The molecule has 1 amide bonds. The number of sulfonamides is 1. The van der Waals surface area contributed by atoms with Crippen LogP contribution in [0, 0.1) is 6.92 Å². The van der Waals surface area contributed by atoms with Gasteiger partial charge in [-0.15, -0.1) is 0 Å². The van der Waals surface area contributed by atoms with Crippen LogP contribution in [0.5, 0.6) is 5.75 Å². The third kappa shape index (κ3) is 5.86. The smallest absolute Gasteiger partial charge is 0.243 e. The predicted octanol–water partition coefficient (Wildman–Crippen LogP) is 3.77. The first-order chi connectivity index (χ1) is 14.8. The molecule has 31 heavy (non-hydrogen) atoms. The standard InChI is InChI=1S/C24H32N2O4S/c1-19-7-9-20(10-8-19)18-25(2)24(27)14-11-21-17-22(12-13-23(21)30-3)31(28,29)26-15-5-4-6-16-26/h7-10,12-13,17H,4-6,11,14-16,18H2,1-3H3. The first-order valence-corrected chi connectivity index (χ1v) is 12.2. The van der Waals surface area contributed by atoms with Crippen molar-refractivity contribution in [1.29, 1.82) is 0 Å². The molecule has 0 aliphatic carbocycles. The van der Waals surface area contributed by atoms with E-state index < -0.39 is 10.0 Å². The molecule has 7 heteroatoms. The fraction of sp³-hybridized carbons (Fsp3) is 0.458. The topological polar surface area (TPSA) is 66.9 Å². The Bertz CT molecular complexity index is 997. The second-order valence-corrected chi connectivity index (χ2v) is 10.1. The molecule has 0 saturated carbocycles. The molecule has 0 unspecified atom stereocenters. The van der Waals surface area contributed by atoms with Crippen molar-refractivity contribution in [3.63, 3.8) is 0 Å². The van der Waals surface area contributed by atoms with Gasteiger partial charge >= 0.3 is 0 Å². The van der Waals surface area contributed by atoms with Gasteiger partial charge in [-0.05, 0) is 55.5 Å². The van der Waals surface area contributed by atoms with Crippen molar-refractivity contribution in [1.82, 2.24) is 9.21 Å². The Morgan fingerprint density at radius 1 is 1.06 bits per heavy atom. The molecule has 0 bridgehead atoms. The second kappa shape index (κ2) is 10.3. The molecule has 0 N–H and O–H groups in total. The van der Waals surface area contributed by atoms with Crippen LogP contribution in [0.25, 0.3) is 0 Å². The maximum atomic E-state index is 13.0. The molecule has 168 valence electrons.